The van der Waals surface area contributed by atoms with Crippen molar-refractivity contribution < 1.29 is 9.21 Å². The molecule has 5 nitrogen and oxygen atoms in total. The largest absolute Gasteiger partial charge is 0.472 e. The van der Waals surface area contributed by atoms with Crippen LogP contribution < -0.4 is 10.6 Å². The van der Waals surface area contributed by atoms with E-state index < -0.39 is 0 Å². The molecule has 0 radical (unpaired) electrons. The zero-order valence-corrected chi connectivity index (χ0v) is 9.93. The van der Waals surface area contributed by atoms with Crippen LogP contribution in [0.1, 0.15) is 15.9 Å². The summed E-state index contributed by atoms with van der Waals surface area (Å²) in [5.74, 6) is -0.104. The average molecular weight is 245 g/mol. The van der Waals surface area contributed by atoms with Gasteiger partial charge in [0.1, 0.15) is 0 Å². The SMILES string of the molecule is O=C(NCCNCc1ccoc1)c1cccnc1. The normalized spacial score (nSPS) is 10.2. The Morgan fingerprint density at radius 3 is 3.00 bits per heavy atom. The Bertz CT molecular complexity index is 468. The van der Waals surface area contributed by atoms with Crippen LogP contribution in [0, 0.1) is 0 Å². The third-order valence-electron chi connectivity index (χ3n) is 2.42. The van der Waals surface area contributed by atoms with E-state index in [0.717, 1.165) is 12.1 Å². The zero-order chi connectivity index (χ0) is 12.6. The molecule has 2 rings (SSSR count). The van der Waals surface area contributed by atoms with E-state index in [9.17, 15) is 4.79 Å². The van der Waals surface area contributed by atoms with Crippen LogP contribution in [0.4, 0.5) is 0 Å². The molecule has 0 aliphatic carbocycles. The summed E-state index contributed by atoms with van der Waals surface area (Å²) in [7, 11) is 0. The Kier molecular flexibility index (Phi) is 4.49. The molecule has 2 aromatic heterocycles. The molecule has 2 N–H and O–H groups in total. The van der Waals surface area contributed by atoms with E-state index >= 15 is 0 Å². The maximum Gasteiger partial charge on any atom is 0.252 e. The molecule has 0 aliphatic rings. The van der Waals surface area contributed by atoms with Crippen molar-refractivity contribution in [3.8, 4) is 0 Å². The van der Waals surface area contributed by atoms with Crippen molar-refractivity contribution >= 4 is 5.91 Å². The summed E-state index contributed by atoms with van der Waals surface area (Å²) in [6.45, 7) is 2.02. The molecule has 5 heteroatoms. The first-order valence-electron chi connectivity index (χ1n) is 5.76. The van der Waals surface area contributed by atoms with Gasteiger partial charge in [-0.1, -0.05) is 0 Å². The number of aromatic nitrogens is 1. The molecule has 0 atom stereocenters. The number of pyridine rings is 1. The summed E-state index contributed by atoms with van der Waals surface area (Å²) < 4.78 is 4.95. The second-order valence-electron chi connectivity index (χ2n) is 3.81. The molecule has 1 amide bonds. The molecule has 0 saturated carbocycles. The molecule has 0 aromatic carbocycles. The van der Waals surface area contributed by atoms with E-state index in [2.05, 4.69) is 15.6 Å². The number of nitrogens with zero attached hydrogens (tertiary/aromatic N) is 1. The van der Waals surface area contributed by atoms with E-state index in [1.807, 2.05) is 6.07 Å². The number of nitrogens with one attached hydrogen (secondary N) is 2. The third-order valence-corrected chi connectivity index (χ3v) is 2.42. The Morgan fingerprint density at radius 2 is 2.28 bits per heavy atom. The molecular weight excluding hydrogens is 230 g/mol. The van der Waals surface area contributed by atoms with Crippen molar-refractivity contribution in [2.75, 3.05) is 13.1 Å². The van der Waals surface area contributed by atoms with Gasteiger partial charge in [-0.3, -0.25) is 9.78 Å². The highest BCUT2D eigenvalue weighted by Gasteiger charge is 2.03. The second kappa shape index (κ2) is 6.56. The van der Waals surface area contributed by atoms with E-state index in [1.54, 1.807) is 37.1 Å². The number of rotatable bonds is 6. The van der Waals surface area contributed by atoms with Crippen molar-refractivity contribution in [2.45, 2.75) is 6.54 Å². The number of amides is 1. The number of hydrogen-bond donors (Lipinski definition) is 2. The van der Waals surface area contributed by atoms with Crippen LogP contribution in [0.3, 0.4) is 0 Å². The highest BCUT2D eigenvalue weighted by molar-refractivity contribution is 5.93. The lowest BCUT2D eigenvalue weighted by molar-refractivity contribution is 0.0953. The highest BCUT2D eigenvalue weighted by atomic mass is 16.3. The van der Waals surface area contributed by atoms with Gasteiger partial charge in [0, 0.05) is 37.6 Å². The number of carbonyl (C=O) groups excluding carboxylic acids is 1. The van der Waals surface area contributed by atoms with Gasteiger partial charge in [0.25, 0.3) is 5.91 Å². The minimum absolute atomic E-state index is 0.104. The van der Waals surface area contributed by atoms with Gasteiger partial charge in [-0.2, -0.15) is 0 Å². The van der Waals surface area contributed by atoms with E-state index in [1.165, 1.54) is 0 Å². The Hall–Kier alpha value is -2.14. The van der Waals surface area contributed by atoms with Crippen molar-refractivity contribution in [1.82, 2.24) is 15.6 Å². The zero-order valence-electron chi connectivity index (χ0n) is 9.93. The van der Waals surface area contributed by atoms with Gasteiger partial charge in [-0.05, 0) is 18.2 Å². The fourth-order valence-corrected chi connectivity index (χ4v) is 1.49. The quantitative estimate of drug-likeness (QED) is 0.750. The first kappa shape index (κ1) is 12.3. The van der Waals surface area contributed by atoms with E-state index in [4.69, 9.17) is 4.42 Å². The van der Waals surface area contributed by atoms with Gasteiger partial charge >= 0.3 is 0 Å². The van der Waals surface area contributed by atoms with Crippen LogP contribution in [0.5, 0.6) is 0 Å². The second-order valence-corrected chi connectivity index (χ2v) is 3.81. The highest BCUT2D eigenvalue weighted by Crippen LogP contribution is 1.98. The lowest BCUT2D eigenvalue weighted by Gasteiger charge is -2.05. The van der Waals surface area contributed by atoms with Crippen molar-refractivity contribution in [2.24, 2.45) is 0 Å². The van der Waals surface area contributed by atoms with Gasteiger partial charge in [0.05, 0.1) is 18.1 Å². The van der Waals surface area contributed by atoms with Crippen LogP contribution in [-0.4, -0.2) is 24.0 Å². The predicted molar refractivity (Wildman–Crippen MR) is 67.0 cm³/mol. The molecule has 2 heterocycles. The van der Waals surface area contributed by atoms with Crippen LogP contribution in [0.2, 0.25) is 0 Å². The summed E-state index contributed by atoms with van der Waals surface area (Å²) >= 11 is 0. The molecule has 94 valence electrons. The summed E-state index contributed by atoms with van der Waals surface area (Å²) in [5, 5.41) is 6.02. The van der Waals surface area contributed by atoms with Crippen molar-refractivity contribution in [3.63, 3.8) is 0 Å². The number of furan rings is 1. The first-order chi connectivity index (χ1) is 8.86. The predicted octanol–water partition coefficient (Wildman–Crippen LogP) is 1.19. The van der Waals surface area contributed by atoms with Crippen molar-refractivity contribution in [3.05, 3.63) is 54.2 Å². The standard InChI is InChI=1S/C13H15N3O2/c17-13(12-2-1-4-14-9-12)16-6-5-15-8-11-3-7-18-10-11/h1-4,7,9-10,15H,5-6,8H2,(H,16,17). The van der Waals surface area contributed by atoms with Crippen LogP contribution in [0.25, 0.3) is 0 Å². The number of carbonyl (C=O) groups is 1. The maximum atomic E-state index is 11.6. The Labute approximate surface area is 105 Å². The first-order valence-corrected chi connectivity index (χ1v) is 5.76. The lowest BCUT2D eigenvalue weighted by Crippen LogP contribution is -2.31. The van der Waals surface area contributed by atoms with E-state index in [0.29, 0.717) is 18.7 Å². The fraction of sp³-hybridized carbons (Fsp3) is 0.231. The minimum Gasteiger partial charge on any atom is -0.472 e. The average Bonchev–Trinajstić information content (AvgIpc) is 2.92. The van der Waals surface area contributed by atoms with Crippen LogP contribution in [0.15, 0.2) is 47.5 Å². The number of hydrogen-bond acceptors (Lipinski definition) is 4. The smallest absolute Gasteiger partial charge is 0.252 e. The Balaban J connectivity index is 1.62. The summed E-state index contributed by atoms with van der Waals surface area (Å²) in [6, 6.07) is 5.38. The molecule has 2 aromatic rings. The van der Waals surface area contributed by atoms with Gasteiger partial charge in [0.15, 0.2) is 0 Å². The minimum atomic E-state index is -0.104. The van der Waals surface area contributed by atoms with Crippen LogP contribution in [-0.2, 0) is 6.54 Å². The molecule has 0 unspecified atom stereocenters. The molecule has 18 heavy (non-hydrogen) atoms. The monoisotopic (exact) mass is 245 g/mol. The molecular formula is C13H15N3O2. The van der Waals surface area contributed by atoms with E-state index in [-0.39, 0.29) is 5.91 Å². The van der Waals surface area contributed by atoms with Gasteiger partial charge in [-0.25, -0.2) is 0 Å². The van der Waals surface area contributed by atoms with Gasteiger partial charge < -0.3 is 15.1 Å². The fourth-order valence-electron chi connectivity index (χ4n) is 1.49. The van der Waals surface area contributed by atoms with Gasteiger partial charge in [-0.15, -0.1) is 0 Å². The summed E-state index contributed by atoms with van der Waals surface area (Å²) in [4.78, 5) is 15.5. The van der Waals surface area contributed by atoms with Crippen LogP contribution >= 0.6 is 0 Å². The molecule has 0 spiro atoms. The van der Waals surface area contributed by atoms with Crippen molar-refractivity contribution in [1.29, 1.82) is 0 Å². The topological polar surface area (TPSA) is 67.2 Å². The molecule has 0 fully saturated rings. The maximum absolute atomic E-state index is 11.6. The third kappa shape index (κ3) is 3.71. The summed E-state index contributed by atoms with van der Waals surface area (Å²) in [5.41, 5.74) is 1.67. The van der Waals surface area contributed by atoms with Gasteiger partial charge in [0.2, 0.25) is 0 Å². The molecule has 0 aliphatic heterocycles. The molecule has 0 saturated heterocycles. The Morgan fingerprint density at radius 1 is 1.33 bits per heavy atom. The molecule has 0 bridgehead atoms. The lowest BCUT2D eigenvalue weighted by atomic mass is 10.3. The summed E-state index contributed by atoms with van der Waals surface area (Å²) in [6.07, 6.45) is 6.53.